The predicted octanol–water partition coefficient (Wildman–Crippen LogP) is 5.33. The quantitative estimate of drug-likeness (QED) is 0.744. The molecule has 1 saturated carbocycles. The van der Waals surface area contributed by atoms with Crippen LogP contribution in [0.1, 0.15) is 43.6 Å². The lowest BCUT2D eigenvalue weighted by Gasteiger charge is -2.16. The van der Waals surface area contributed by atoms with Gasteiger partial charge in [0.1, 0.15) is 5.82 Å². The molecule has 108 valence electrons. The third kappa shape index (κ3) is 2.33. The van der Waals surface area contributed by atoms with Crippen LogP contribution in [0, 0.1) is 5.82 Å². The summed E-state index contributed by atoms with van der Waals surface area (Å²) in [5.41, 5.74) is 4.81. The van der Waals surface area contributed by atoms with Gasteiger partial charge in [0.15, 0.2) is 0 Å². The van der Waals surface area contributed by atoms with Crippen molar-refractivity contribution in [2.45, 2.75) is 44.1 Å². The topological polar surface area (TPSA) is 12.0 Å². The van der Waals surface area contributed by atoms with Gasteiger partial charge in [0.2, 0.25) is 0 Å². The Balaban J connectivity index is 1.73. The first-order valence-electron chi connectivity index (χ1n) is 7.98. The van der Waals surface area contributed by atoms with Crippen molar-refractivity contribution in [3.63, 3.8) is 0 Å². The number of benzene rings is 2. The Hall–Kier alpha value is -1.83. The van der Waals surface area contributed by atoms with E-state index in [2.05, 4.69) is 23.5 Å². The molecule has 0 aromatic heterocycles. The van der Waals surface area contributed by atoms with Gasteiger partial charge >= 0.3 is 0 Å². The molecule has 0 amide bonds. The Morgan fingerprint density at radius 1 is 0.905 bits per heavy atom. The molecular weight excluding hydrogens is 261 g/mol. The maximum atomic E-state index is 13.4. The fourth-order valence-corrected chi connectivity index (χ4v) is 3.90. The van der Waals surface area contributed by atoms with Crippen LogP contribution < -0.4 is 5.32 Å². The van der Waals surface area contributed by atoms with Crippen molar-refractivity contribution in [1.29, 1.82) is 0 Å². The summed E-state index contributed by atoms with van der Waals surface area (Å²) in [6.45, 7) is 0. The number of hydrogen-bond acceptors (Lipinski definition) is 1. The van der Waals surface area contributed by atoms with E-state index in [4.69, 9.17) is 0 Å². The second kappa shape index (κ2) is 5.18. The zero-order chi connectivity index (χ0) is 14.2. The van der Waals surface area contributed by atoms with Gasteiger partial charge in [-0.05, 0) is 53.8 Å². The second-order valence-corrected chi connectivity index (χ2v) is 6.31. The van der Waals surface area contributed by atoms with E-state index in [-0.39, 0.29) is 5.82 Å². The van der Waals surface area contributed by atoms with Crippen molar-refractivity contribution in [2.75, 3.05) is 5.32 Å². The van der Waals surface area contributed by atoms with E-state index in [0.717, 1.165) is 11.1 Å². The van der Waals surface area contributed by atoms with E-state index in [1.165, 1.54) is 49.4 Å². The lowest BCUT2D eigenvalue weighted by molar-refractivity contribution is 0.562. The second-order valence-electron chi connectivity index (χ2n) is 6.31. The van der Waals surface area contributed by atoms with Crippen LogP contribution in [-0.2, 0) is 0 Å². The summed E-state index contributed by atoms with van der Waals surface area (Å²) < 4.78 is 13.4. The third-order valence-electron chi connectivity index (χ3n) is 4.97. The number of fused-ring (bicyclic) bond motifs is 3. The minimum absolute atomic E-state index is 0.168. The fourth-order valence-electron chi connectivity index (χ4n) is 3.90. The molecule has 21 heavy (non-hydrogen) atoms. The lowest BCUT2D eigenvalue weighted by Crippen LogP contribution is -2.18. The summed E-state index contributed by atoms with van der Waals surface area (Å²) in [4.78, 5) is 0. The molecule has 2 aromatic carbocycles. The summed E-state index contributed by atoms with van der Waals surface area (Å²) in [5, 5.41) is 3.69. The van der Waals surface area contributed by atoms with Crippen LogP contribution in [0.25, 0.3) is 11.1 Å². The number of halogens is 1. The first kappa shape index (κ1) is 12.9. The molecule has 2 atom stereocenters. The Morgan fingerprint density at radius 2 is 1.76 bits per heavy atom. The maximum absolute atomic E-state index is 13.4. The van der Waals surface area contributed by atoms with Crippen molar-refractivity contribution in [3.05, 3.63) is 53.8 Å². The van der Waals surface area contributed by atoms with Crippen LogP contribution in [0.4, 0.5) is 10.1 Å². The molecule has 2 aromatic rings. The number of nitrogens with one attached hydrogen (secondary N) is 1. The van der Waals surface area contributed by atoms with Crippen LogP contribution in [-0.4, -0.2) is 6.04 Å². The minimum atomic E-state index is -0.168. The fraction of sp³-hybridized carbons (Fsp3) is 0.368. The summed E-state index contributed by atoms with van der Waals surface area (Å²) in [5.74, 6) is 0.467. The highest BCUT2D eigenvalue weighted by Gasteiger charge is 2.32. The highest BCUT2D eigenvalue weighted by molar-refractivity contribution is 5.71. The summed E-state index contributed by atoms with van der Waals surface area (Å²) in [6.07, 6.45) is 6.56. The molecular formula is C19H20FN. The van der Waals surface area contributed by atoms with Crippen molar-refractivity contribution >= 4 is 5.69 Å². The van der Waals surface area contributed by atoms with Gasteiger partial charge in [-0.2, -0.15) is 0 Å². The van der Waals surface area contributed by atoms with Crippen molar-refractivity contribution in [3.8, 4) is 11.1 Å². The predicted molar refractivity (Wildman–Crippen MR) is 85.1 cm³/mol. The average molecular weight is 281 g/mol. The molecule has 0 radical (unpaired) electrons. The van der Waals surface area contributed by atoms with Crippen molar-refractivity contribution in [2.24, 2.45) is 0 Å². The van der Waals surface area contributed by atoms with Gasteiger partial charge in [0.25, 0.3) is 0 Å². The van der Waals surface area contributed by atoms with E-state index >= 15 is 0 Å². The van der Waals surface area contributed by atoms with Gasteiger partial charge in [0.05, 0.1) is 0 Å². The number of anilines is 1. The molecule has 0 spiro atoms. The van der Waals surface area contributed by atoms with Crippen LogP contribution in [0.3, 0.4) is 0 Å². The molecule has 4 rings (SSSR count). The van der Waals surface area contributed by atoms with Crippen LogP contribution in [0.15, 0.2) is 42.5 Å². The average Bonchev–Trinajstić information content (AvgIpc) is 2.67. The van der Waals surface area contributed by atoms with Crippen LogP contribution in [0.5, 0.6) is 0 Å². The zero-order valence-electron chi connectivity index (χ0n) is 12.1. The molecule has 2 aliphatic rings. The smallest absolute Gasteiger partial charge is 0.123 e. The normalized spacial score (nSPS) is 23.9. The summed E-state index contributed by atoms with van der Waals surface area (Å²) in [7, 11) is 0. The first-order valence-corrected chi connectivity index (χ1v) is 7.98. The summed E-state index contributed by atoms with van der Waals surface area (Å²) in [6, 6.07) is 14.0. The lowest BCUT2D eigenvalue weighted by atomic mass is 9.89. The zero-order valence-corrected chi connectivity index (χ0v) is 12.1. The van der Waals surface area contributed by atoms with Gasteiger partial charge in [-0.25, -0.2) is 4.39 Å². The maximum Gasteiger partial charge on any atom is 0.123 e. The molecule has 0 unspecified atom stereocenters. The Bertz CT molecular complexity index is 664. The Kier molecular flexibility index (Phi) is 3.17. The molecule has 0 bridgehead atoms. The SMILES string of the molecule is Fc1cccc(-c2ccc3c(c2)[C@@H]2CCCCC[C@@H]2N3)c1. The number of rotatable bonds is 1. The molecule has 1 N–H and O–H groups in total. The molecule has 1 aliphatic carbocycles. The molecule has 1 heterocycles. The van der Waals surface area contributed by atoms with Gasteiger partial charge in [-0.3, -0.25) is 0 Å². The van der Waals surface area contributed by atoms with Gasteiger partial charge in [-0.15, -0.1) is 0 Å². The molecule has 1 fully saturated rings. The monoisotopic (exact) mass is 281 g/mol. The summed E-state index contributed by atoms with van der Waals surface area (Å²) >= 11 is 0. The highest BCUT2D eigenvalue weighted by Crippen LogP contribution is 2.44. The van der Waals surface area contributed by atoms with Gasteiger partial charge in [0, 0.05) is 17.6 Å². The van der Waals surface area contributed by atoms with E-state index in [1.807, 2.05) is 6.07 Å². The first-order chi connectivity index (χ1) is 10.3. The minimum Gasteiger partial charge on any atom is -0.381 e. The largest absolute Gasteiger partial charge is 0.381 e. The molecule has 1 nitrogen and oxygen atoms in total. The molecule has 1 aliphatic heterocycles. The van der Waals surface area contributed by atoms with Gasteiger partial charge in [-0.1, -0.05) is 37.5 Å². The van der Waals surface area contributed by atoms with E-state index < -0.39 is 0 Å². The molecule has 2 heteroatoms. The Morgan fingerprint density at radius 3 is 2.67 bits per heavy atom. The molecule has 0 saturated heterocycles. The van der Waals surface area contributed by atoms with Gasteiger partial charge < -0.3 is 5.32 Å². The van der Waals surface area contributed by atoms with Crippen LogP contribution >= 0.6 is 0 Å². The highest BCUT2D eigenvalue weighted by atomic mass is 19.1. The van der Waals surface area contributed by atoms with Crippen molar-refractivity contribution < 1.29 is 4.39 Å². The number of hydrogen-bond donors (Lipinski definition) is 1. The van der Waals surface area contributed by atoms with Crippen LogP contribution in [0.2, 0.25) is 0 Å². The Labute approximate surface area is 125 Å². The standard InChI is InChI=1S/C19H20FN/c20-15-6-4-5-13(11-15)14-9-10-19-17(12-14)16-7-2-1-3-8-18(16)21-19/h4-6,9-12,16,18,21H,1-3,7-8H2/t16-,18-/m0/s1. The third-order valence-corrected chi connectivity index (χ3v) is 4.97. The van der Waals surface area contributed by atoms with Crippen molar-refractivity contribution in [1.82, 2.24) is 0 Å². The van der Waals surface area contributed by atoms with E-state index in [9.17, 15) is 4.39 Å². The van der Waals surface area contributed by atoms with E-state index in [0.29, 0.717) is 12.0 Å². The van der Waals surface area contributed by atoms with E-state index in [1.54, 1.807) is 12.1 Å².